The van der Waals surface area contributed by atoms with E-state index < -0.39 is 0 Å². The van der Waals surface area contributed by atoms with Crippen molar-refractivity contribution in [2.24, 2.45) is 11.8 Å². The summed E-state index contributed by atoms with van der Waals surface area (Å²) in [6.07, 6.45) is 4.63. The van der Waals surface area contributed by atoms with Crippen molar-refractivity contribution in [1.82, 2.24) is 0 Å². The van der Waals surface area contributed by atoms with Crippen LogP contribution in [-0.4, -0.2) is 13.2 Å². The molecule has 4 aromatic carbocycles. The lowest BCUT2D eigenvalue weighted by atomic mass is 9.76. The molecule has 6 atom stereocenters. The number of hydrogen-bond donors (Lipinski definition) is 2. The Hall–Kier alpha value is -3.74. The summed E-state index contributed by atoms with van der Waals surface area (Å²) in [7, 11) is 0. The highest BCUT2D eigenvalue weighted by Crippen LogP contribution is 2.51. The third-order valence-corrected chi connectivity index (χ3v) is 11.1. The smallest absolute Gasteiger partial charge is 0.123 e. The van der Waals surface area contributed by atoms with Gasteiger partial charge in [-0.1, -0.05) is 90.1 Å². The van der Waals surface area contributed by atoms with E-state index >= 15 is 0 Å². The van der Waals surface area contributed by atoms with Gasteiger partial charge in [0, 0.05) is 47.6 Å². The van der Waals surface area contributed by atoms with E-state index in [2.05, 4.69) is 88.6 Å². The van der Waals surface area contributed by atoms with Crippen LogP contribution in [-0.2, 0) is 20.3 Å². The summed E-state index contributed by atoms with van der Waals surface area (Å²) in [6, 6.07) is 27.5. The average molecular weight is 679 g/mol. The Balaban J connectivity index is 0.000000157. The number of fused-ring (bicyclic) bond motifs is 6. The van der Waals surface area contributed by atoms with Gasteiger partial charge in [0.1, 0.15) is 11.6 Å². The van der Waals surface area contributed by atoms with Crippen molar-refractivity contribution >= 4 is 11.4 Å². The monoisotopic (exact) mass is 678 g/mol. The molecule has 0 bridgehead atoms. The van der Waals surface area contributed by atoms with E-state index in [1.165, 1.54) is 22.3 Å². The molecule has 4 aliphatic heterocycles. The maximum Gasteiger partial charge on any atom is 0.123 e. The molecular weight excluding hydrogens is 626 g/mol. The van der Waals surface area contributed by atoms with Gasteiger partial charge in [-0.3, -0.25) is 0 Å². The van der Waals surface area contributed by atoms with Crippen LogP contribution in [0, 0.1) is 23.5 Å². The van der Waals surface area contributed by atoms with E-state index in [1.54, 1.807) is 24.3 Å². The normalized spacial score (nSPS) is 25.7. The zero-order valence-corrected chi connectivity index (χ0v) is 30.4. The average Bonchev–Trinajstić information content (AvgIpc) is 3.11. The number of nitrogens with one attached hydrogen (secondary N) is 2. The summed E-state index contributed by atoms with van der Waals surface area (Å²) in [5.74, 6) is 0.376. The maximum atomic E-state index is 13.3. The van der Waals surface area contributed by atoms with Gasteiger partial charge in [-0.05, 0) is 95.2 Å². The Morgan fingerprint density at radius 2 is 0.920 bits per heavy atom. The Morgan fingerprint density at radius 3 is 1.28 bits per heavy atom. The van der Waals surface area contributed by atoms with Crippen LogP contribution in [0.25, 0.3) is 0 Å². The van der Waals surface area contributed by atoms with E-state index in [0.29, 0.717) is 11.8 Å². The molecule has 2 saturated heterocycles. The molecule has 0 spiro atoms. The molecular formula is C44H52F2N2O2. The van der Waals surface area contributed by atoms with Crippen LogP contribution in [0.2, 0.25) is 0 Å². The Labute approximate surface area is 297 Å². The second-order valence-corrected chi connectivity index (χ2v) is 16.6. The van der Waals surface area contributed by atoms with E-state index in [4.69, 9.17) is 9.47 Å². The second kappa shape index (κ2) is 13.8. The molecule has 0 amide bonds. The summed E-state index contributed by atoms with van der Waals surface area (Å²) >= 11 is 0. The van der Waals surface area contributed by atoms with E-state index in [0.717, 1.165) is 61.4 Å². The summed E-state index contributed by atoms with van der Waals surface area (Å²) < 4.78 is 39.1. The third-order valence-electron chi connectivity index (χ3n) is 11.1. The van der Waals surface area contributed by atoms with Gasteiger partial charge in [-0.25, -0.2) is 8.78 Å². The SMILES string of the molecule is CC(C)(C)c1ccc2c(c1)C1OCCCC1C(c1ccc(F)cc1)N2.CC(C)(C)c1ccc2c(c1)[C@@H]1OCCC[C@@H]1[C@@H](c1ccc(F)cc1)N2. The van der Waals surface area contributed by atoms with Crippen LogP contribution in [0.5, 0.6) is 0 Å². The van der Waals surface area contributed by atoms with Gasteiger partial charge in [-0.15, -0.1) is 0 Å². The minimum atomic E-state index is -0.189. The van der Waals surface area contributed by atoms with Crippen molar-refractivity contribution in [2.45, 2.75) is 102 Å². The fourth-order valence-corrected chi connectivity index (χ4v) is 8.27. The minimum Gasteiger partial charge on any atom is -0.378 e. The van der Waals surface area contributed by atoms with Gasteiger partial charge in [0.2, 0.25) is 0 Å². The molecule has 0 aromatic heterocycles. The summed E-state index contributed by atoms with van der Waals surface area (Å²) in [6.45, 7) is 15.1. The molecule has 50 heavy (non-hydrogen) atoms. The zero-order chi connectivity index (χ0) is 35.2. The molecule has 264 valence electrons. The molecule has 4 heterocycles. The fraction of sp³-hybridized carbons (Fsp3) is 0.455. The molecule has 3 unspecified atom stereocenters. The molecule has 0 radical (unpaired) electrons. The molecule has 6 heteroatoms. The third kappa shape index (κ3) is 7.07. The predicted octanol–water partition coefficient (Wildman–Crippen LogP) is 11.5. The Kier molecular flexibility index (Phi) is 9.55. The van der Waals surface area contributed by atoms with Crippen molar-refractivity contribution in [3.63, 3.8) is 0 Å². The van der Waals surface area contributed by atoms with Crippen LogP contribution in [0.1, 0.15) is 125 Å². The summed E-state index contributed by atoms with van der Waals surface area (Å²) in [5.41, 5.74) is 10.0. The van der Waals surface area contributed by atoms with Gasteiger partial charge in [0.25, 0.3) is 0 Å². The van der Waals surface area contributed by atoms with E-state index in [9.17, 15) is 8.78 Å². The van der Waals surface area contributed by atoms with Gasteiger partial charge in [0.15, 0.2) is 0 Å². The minimum absolute atomic E-state index is 0.113. The lowest BCUT2D eigenvalue weighted by molar-refractivity contribution is -0.0382. The largest absolute Gasteiger partial charge is 0.378 e. The number of anilines is 2. The number of benzene rings is 4. The van der Waals surface area contributed by atoms with Crippen molar-refractivity contribution in [2.75, 3.05) is 23.8 Å². The topological polar surface area (TPSA) is 42.5 Å². The highest BCUT2D eigenvalue weighted by Gasteiger charge is 2.41. The first-order chi connectivity index (χ1) is 23.9. The van der Waals surface area contributed by atoms with Crippen LogP contribution < -0.4 is 10.6 Å². The van der Waals surface area contributed by atoms with E-state index in [-0.39, 0.29) is 46.8 Å². The van der Waals surface area contributed by atoms with Crippen LogP contribution >= 0.6 is 0 Å². The molecule has 8 rings (SSSR count). The first-order valence-electron chi connectivity index (χ1n) is 18.4. The first kappa shape index (κ1) is 34.7. The standard InChI is InChI=1S/2C22H26FNO/c2*1-22(2,3)15-8-11-19-18(13-15)21-17(5-4-12-25-21)20(24-19)14-6-9-16(23)10-7-14/h2*6-11,13,17,20-21,24H,4-5,12H2,1-3H3/t17-,20-,21-;/m1./s1. The van der Waals surface area contributed by atoms with Crippen LogP contribution in [0.4, 0.5) is 20.2 Å². The summed E-state index contributed by atoms with van der Waals surface area (Å²) in [4.78, 5) is 0. The molecule has 0 saturated carbocycles. The number of hydrogen-bond acceptors (Lipinski definition) is 4. The highest BCUT2D eigenvalue weighted by atomic mass is 19.1. The van der Waals surface area contributed by atoms with E-state index in [1.807, 2.05) is 24.3 Å². The van der Waals surface area contributed by atoms with Gasteiger partial charge in [0.05, 0.1) is 24.3 Å². The Bertz CT molecular complexity index is 1660. The lowest BCUT2D eigenvalue weighted by Gasteiger charge is -2.44. The Morgan fingerprint density at radius 1 is 0.540 bits per heavy atom. The highest BCUT2D eigenvalue weighted by molar-refractivity contribution is 5.60. The molecule has 4 aromatic rings. The number of rotatable bonds is 2. The molecule has 2 N–H and O–H groups in total. The van der Waals surface area contributed by atoms with Crippen molar-refractivity contribution in [1.29, 1.82) is 0 Å². The van der Waals surface area contributed by atoms with Gasteiger partial charge < -0.3 is 20.1 Å². The fourth-order valence-electron chi connectivity index (χ4n) is 8.27. The second-order valence-electron chi connectivity index (χ2n) is 16.6. The van der Waals surface area contributed by atoms with Crippen molar-refractivity contribution in [3.05, 3.63) is 130 Å². The lowest BCUT2D eigenvalue weighted by Crippen LogP contribution is -2.36. The van der Waals surface area contributed by atoms with Crippen LogP contribution in [0.15, 0.2) is 84.9 Å². The van der Waals surface area contributed by atoms with Crippen molar-refractivity contribution in [3.8, 4) is 0 Å². The van der Waals surface area contributed by atoms with Crippen molar-refractivity contribution < 1.29 is 18.3 Å². The van der Waals surface area contributed by atoms with Gasteiger partial charge >= 0.3 is 0 Å². The maximum absolute atomic E-state index is 13.3. The summed E-state index contributed by atoms with van der Waals surface area (Å²) in [5, 5.41) is 7.42. The predicted molar refractivity (Wildman–Crippen MR) is 199 cm³/mol. The molecule has 4 nitrogen and oxygen atoms in total. The molecule has 0 aliphatic carbocycles. The van der Waals surface area contributed by atoms with Gasteiger partial charge in [-0.2, -0.15) is 0 Å². The zero-order valence-electron chi connectivity index (χ0n) is 30.4. The molecule has 4 aliphatic rings. The number of ether oxygens (including phenoxy) is 2. The van der Waals surface area contributed by atoms with Crippen LogP contribution in [0.3, 0.4) is 0 Å². The quantitative estimate of drug-likeness (QED) is 0.221. The number of halogens is 2. The molecule has 2 fully saturated rings. The first-order valence-corrected chi connectivity index (χ1v) is 18.4.